The first kappa shape index (κ1) is 17.9. The van der Waals surface area contributed by atoms with Crippen molar-refractivity contribution in [3.8, 4) is 0 Å². The predicted molar refractivity (Wildman–Crippen MR) is 76.9 cm³/mol. The SMILES string of the molecule is CCOC(=O)C(/C=C/CCC(C)N1CCC(=O)C1=O)C(=O)O. The zero-order chi connectivity index (χ0) is 16.7. The van der Waals surface area contributed by atoms with Gasteiger partial charge >= 0.3 is 11.9 Å². The van der Waals surface area contributed by atoms with Gasteiger partial charge in [0.15, 0.2) is 5.92 Å². The Labute approximate surface area is 128 Å². The van der Waals surface area contributed by atoms with Crippen LogP contribution in [0.1, 0.15) is 33.1 Å². The summed E-state index contributed by atoms with van der Waals surface area (Å²) in [7, 11) is 0. The number of amides is 1. The van der Waals surface area contributed by atoms with Crippen LogP contribution < -0.4 is 0 Å². The van der Waals surface area contributed by atoms with Crippen LogP contribution in [0.5, 0.6) is 0 Å². The molecule has 0 aromatic heterocycles. The number of allylic oxidation sites excluding steroid dienone is 1. The van der Waals surface area contributed by atoms with Crippen LogP contribution in [0.15, 0.2) is 12.2 Å². The summed E-state index contributed by atoms with van der Waals surface area (Å²) in [6.07, 6.45) is 4.23. The van der Waals surface area contributed by atoms with Crippen molar-refractivity contribution in [2.45, 2.75) is 39.2 Å². The third-order valence-electron chi connectivity index (χ3n) is 3.50. The van der Waals surface area contributed by atoms with Crippen LogP contribution in [-0.2, 0) is 23.9 Å². The summed E-state index contributed by atoms with van der Waals surface area (Å²) in [5.74, 6) is -4.19. The van der Waals surface area contributed by atoms with Crippen LogP contribution in [0.4, 0.5) is 0 Å². The summed E-state index contributed by atoms with van der Waals surface area (Å²) in [5.41, 5.74) is 0. The molecule has 1 aliphatic heterocycles. The van der Waals surface area contributed by atoms with Gasteiger partial charge in [-0.1, -0.05) is 12.2 Å². The van der Waals surface area contributed by atoms with Crippen molar-refractivity contribution in [2.75, 3.05) is 13.2 Å². The molecule has 0 aromatic rings. The monoisotopic (exact) mass is 311 g/mol. The third-order valence-corrected chi connectivity index (χ3v) is 3.50. The Morgan fingerprint density at radius 3 is 2.59 bits per heavy atom. The second-order valence-electron chi connectivity index (χ2n) is 5.09. The molecule has 0 saturated carbocycles. The molecule has 1 fully saturated rings. The molecule has 0 aromatic carbocycles. The molecule has 1 N–H and O–H groups in total. The lowest BCUT2D eigenvalue weighted by molar-refractivity contribution is -0.155. The fraction of sp³-hybridized carbons (Fsp3) is 0.600. The van der Waals surface area contributed by atoms with E-state index < -0.39 is 23.8 Å². The molecule has 1 amide bonds. The number of ether oxygens (including phenoxy) is 1. The van der Waals surface area contributed by atoms with E-state index in [0.717, 1.165) is 0 Å². The molecule has 0 radical (unpaired) electrons. The van der Waals surface area contributed by atoms with E-state index in [2.05, 4.69) is 4.74 Å². The maximum Gasteiger partial charge on any atom is 0.324 e. The molecule has 0 bridgehead atoms. The molecule has 7 nitrogen and oxygen atoms in total. The third kappa shape index (κ3) is 4.68. The van der Waals surface area contributed by atoms with Gasteiger partial charge in [-0.05, 0) is 26.7 Å². The first-order valence-electron chi connectivity index (χ1n) is 7.28. The van der Waals surface area contributed by atoms with Crippen LogP contribution in [0.25, 0.3) is 0 Å². The number of rotatable bonds is 8. The number of ketones is 1. The Morgan fingerprint density at radius 1 is 1.41 bits per heavy atom. The van der Waals surface area contributed by atoms with Crippen LogP contribution in [0.2, 0.25) is 0 Å². The lowest BCUT2D eigenvalue weighted by Gasteiger charge is -2.22. The molecule has 0 aliphatic carbocycles. The summed E-state index contributed by atoms with van der Waals surface area (Å²) in [4.78, 5) is 46.7. The van der Waals surface area contributed by atoms with Gasteiger partial charge in [0, 0.05) is 19.0 Å². The highest BCUT2D eigenvalue weighted by atomic mass is 16.5. The number of carboxylic acid groups (broad SMARTS) is 1. The number of aliphatic carboxylic acids is 1. The van der Waals surface area contributed by atoms with Gasteiger partial charge in [-0.25, -0.2) is 0 Å². The average molecular weight is 311 g/mol. The van der Waals surface area contributed by atoms with Crippen molar-refractivity contribution in [3.63, 3.8) is 0 Å². The van der Waals surface area contributed by atoms with E-state index in [1.165, 1.54) is 11.0 Å². The van der Waals surface area contributed by atoms with Crippen LogP contribution in [0.3, 0.4) is 0 Å². The lowest BCUT2D eigenvalue weighted by atomic mass is 10.1. The average Bonchev–Trinajstić information content (AvgIpc) is 2.78. The molecular weight excluding hydrogens is 290 g/mol. The Hall–Kier alpha value is -2.18. The minimum absolute atomic E-state index is 0.102. The quantitative estimate of drug-likeness (QED) is 0.308. The van der Waals surface area contributed by atoms with Gasteiger partial charge in [0.25, 0.3) is 5.91 Å². The number of likely N-dealkylation sites (tertiary alicyclic amines) is 1. The van der Waals surface area contributed by atoms with E-state index in [-0.39, 0.29) is 24.9 Å². The summed E-state index contributed by atoms with van der Waals surface area (Å²) in [6, 6.07) is -0.102. The molecule has 2 atom stereocenters. The number of nitrogens with zero attached hydrogens (tertiary/aromatic N) is 1. The zero-order valence-electron chi connectivity index (χ0n) is 12.8. The normalized spacial score (nSPS) is 17.8. The Kier molecular flexibility index (Phi) is 6.75. The van der Waals surface area contributed by atoms with Gasteiger partial charge in [-0.2, -0.15) is 0 Å². The van der Waals surface area contributed by atoms with Gasteiger partial charge < -0.3 is 14.7 Å². The van der Waals surface area contributed by atoms with Crippen molar-refractivity contribution in [1.82, 2.24) is 4.90 Å². The summed E-state index contributed by atoms with van der Waals surface area (Å²) < 4.78 is 4.69. The minimum atomic E-state index is -1.31. The second kappa shape index (κ2) is 8.31. The van der Waals surface area contributed by atoms with Crippen molar-refractivity contribution in [1.29, 1.82) is 0 Å². The van der Waals surface area contributed by atoms with Gasteiger partial charge in [-0.3, -0.25) is 19.2 Å². The maximum absolute atomic E-state index is 11.6. The van der Waals surface area contributed by atoms with E-state index in [9.17, 15) is 19.2 Å². The second-order valence-corrected chi connectivity index (χ2v) is 5.09. The first-order valence-corrected chi connectivity index (χ1v) is 7.28. The molecule has 122 valence electrons. The number of carboxylic acids is 1. The Morgan fingerprint density at radius 2 is 2.09 bits per heavy atom. The van der Waals surface area contributed by atoms with Gasteiger partial charge in [0.05, 0.1) is 6.61 Å². The Bertz CT molecular complexity index is 484. The minimum Gasteiger partial charge on any atom is -0.480 e. The largest absolute Gasteiger partial charge is 0.480 e. The molecule has 22 heavy (non-hydrogen) atoms. The lowest BCUT2D eigenvalue weighted by Crippen LogP contribution is -2.35. The summed E-state index contributed by atoms with van der Waals surface area (Å²) in [5, 5.41) is 8.97. The number of carbonyl (C=O) groups is 4. The summed E-state index contributed by atoms with van der Waals surface area (Å²) >= 11 is 0. The van der Waals surface area contributed by atoms with Crippen LogP contribution in [0, 0.1) is 5.92 Å². The van der Waals surface area contributed by atoms with E-state index in [1.54, 1.807) is 13.0 Å². The van der Waals surface area contributed by atoms with E-state index in [0.29, 0.717) is 19.4 Å². The topological polar surface area (TPSA) is 101 Å². The number of hydrogen-bond donors (Lipinski definition) is 1. The molecule has 1 aliphatic rings. The maximum atomic E-state index is 11.6. The van der Waals surface area contributed by atoms with Crippen molar-refractivity contribution in [2.24, 2.45) is 5.92 Å². The van der Waals surface area contributed by atoms with Gasteiger partial charge in [0.1, 0.15) is 0 Å². The van der Waals surface area contributed by atoms with E-state index in [1.807, 2.05) is 6.92 Å². The summed E-state index contributed by atoms with van der Waals surface area (Å²) in [6.45, 7) is 4.00. The molecule has 2 unspecified atom stereocenters. The highest BCUT2D eigenvalue weighted by Gasteiger charge is 2.32. The van der Waals surface area contributed by atoms with E-state index in [4.69, 9.17) is 5.11 Å². The van der Waals surface area contributed by atoms with Gasteiger partial charge in [-0.15, -0.1) is 0 Å². The fourth-order valence-corrected chi connectivity index (χ4v) is 2.23. The van der Waals surface area contributed by atoms with Crippen molar-refractivity contribution in [3.05, 3.63) is 12.2 Å². The molecule has 1 heterocycles. The van der Waals surface area contributed by atoms with Crippen LogP contribution in [-0.4, -0.2) is 52.8 Å². The smallest absolute Gasteiger partial charge is 0.324 e. The van der Waals surface area contributed by atoms with Crippen molar-refractivity contribution >= 4 is 23.6 Å². The van der Waals surface area contributed by atoms with Crippen molar-refractivity contribution < 1.29 is 29.0 Å². The van der Waals surface area contributed by atoms with E-state index >= 15 is 0 Å². The standard InChI is InChI=1S/C15H21NO6/c1-3-22-15(21)11(14(19)20)7-5-4-6-10(2)16-9-8-12(17)13(16)18/h5,7,10-11H,3-4,6,8-9H2,1-2H3,(H,19,20)/b7-5+. The number of Topliss-reactive ketones (excluding diaryl/α,β-unsaturated/α-hetero) is 1. The fourth-order valence-electron chi connectivity index (χ4n) is 2.23. The highest BCUT2D eigenvalue weighted by molar-refractivity contribution is 6.37. The highest BCUT2D eigenvalue weighted by Crippen LogP contribution is 2.15. The molecule has 1 rings (SSSR count). The Balaban J connectivity index is 2.47. The number of hydrogen-bond acceptors (Lipinski definition) is 5. The van der Waals surface area contributed by atoms with Gasteiger partial charge in [0.2, 0.25) is 5.78 Å². The number of carbonyl (C=O) groups excluding carboxylic acids is 3. The predicted octanol–water partition coefficient (Wildman–Crippen LogP) is 0.777. The van der Waals surface area contributed by atoms with Crippen LogP contribution >= 0.6 is 0 Å². The first-order chi connectivity index (χ1) is 10.4. The molecular formula is C15H21NO6. The molecule has 7 heteroatoms. The zero-order valence-corrected chi connectivity index (χ0v) is 12.8. The number of esters is 1. The molecule has 0 spiro atoms. The molecule has 1 saturated heterocycles.